The van der Waals surface area contributed by atoms with Gasteiger partial charge in [-0.3, -0.25) is 4.79 Å². The topological polar surface area (TPSA) is 70.7 Å². The number of nitrogens with zero attached hydrogens (tertiary/aromatic N) is 1. The number of anilines is 1. The lowest BCUT2D eigenvalue weighted by Gasteiger charge is -2.35. The van der Waals surface area contributed by atoms with Gasteiger partial charge in [0.2, 0.25) is 5.91 Å². The first kappa shape index (κ1) is 22.2. The molecule has 0 saturated heterocycles. The Morgan fingerprint density at radius 1 is 1.32 bits per heavy atom. The number of hydrogen-bond donors (Lipinski definition) is 2. The molecule has 1 aliphatic rings. The summed E-state index contributed by atoms with van der Waals surface area (Å²) in [7, 11) is 1.80. The molecule has 1 aromatic carbocycles. The number of halogens is 1. The Hall–Kier alpha value is -2.12. The first-order valence-electron chi connectivity index (χ1n) is 9.01. The summed E-state index contributed by atoms with van der Waals surface area (Å²) >= 11 is 11.2. The quantitative estimate of drug-likeness (QED) is 0.414. The molecule has 1 unspecified atom stereocenters. The minimum absolute atomic E-state index is 0.156. The molecule has 0 fully saturated rings. The average molecular weight is 424 g/mol. The molecular weight excluding hydrogens is 398 g/mol. The molecule has 152 valence electrons. The number of allylic oxidation sites excluding steroid dienone is 1. The van der Waals surface area contributed by atoms with Crippen molar-refractivity contribution in [2.45, 2.75) is 33.7 Å². The van der Waals surface area contributed by atoms with E-state index in [0.717, 1.165) is 11.3 Å². The van der Waals surface area contributed by atoms with Crippen LogP contribution in [0.3, 0.4) is 0 Å². The predicted octanol–water partition coefficient (Wildman–Crippen LogP) is 3.59. The van der Waals surface area contributed by atoms with Crippen molar-refractivity contribution in [3.63, 3.8) is 0 Å². The smallest absolute Gasteiger partial charge is 0.338 e. The largest absolute Gasteiger partial charge is 0.463 e. The Balaban J connectivity index is 2.31. The number of nitrogens with one attached hydrogen (secondary N) is 2. The molecule has 6 nitrogen and oxygen atoms in total. The van der Waals surface area contributed by atoms with Gasteiger partial charge in [0.25, 0.3) is 0 Å². The zero-order valence-electron chi connectivity index (χ0n) is 16.8. The van der Waals surface area contributed by atoms with Crippen molar-refractivity contribution >= 4 is 46.5 Å². The molecule has 8 heteroatoms. The lowest BCUT2D eigenvalue weighted by Crippen LogP contribution is -2.46. The van der Waals surface area contributed by atoms with E-state index in [1.807, 2.05) is 19.1 Å². The fourth-order valence-corrected chi connectivity index (χ4v) is 3.05. The highest BCUT2D eigenvalue weighted by atomic mass is 35.5. The van der Waals surface area contributed by atoms with Crippen molar-refractivity contribution in [3.8, 4) is 0 Å². The molecule has 1 atom stereocenters. The summed E-state index contributed by atoms with van der Waals surface area (Å²) in [6.07, 6.45) is 0. The van der Waals surface area contributed by atoms with Gasteiger partial charge in [0.15, 0.2) is 5.11 Å². The zero-order chi connectivity index (χ0) is 21.1. The fourth-order valence-electron chi connectivity index (χ4n) is 2.68. The molecule has 1 heterocycles. The van der Waals surface area contributed by atoms with Crippen molar-refractivity contribution in [2.24, 2.45) is 5.41 Å². The molecule has 0 aromatic heterocycles. The molecule has 1 amide bonds. The van der Waals surface area contributed by atoms with Gasteiger partial charge in [-0.1, -0.05) is 12.1 Å². The summed E-state index contributed by atoms with van der Waals surface area (Å²) in [5, 5.41) is 6.58. The van der Waals surface area contributed by atoms with Crippen LogP contribution in [0, 0.1) is 5.41 Å². The number of benzene rings is 1. The number of esters is 1. The van der Waals surface area contributed by atoms with Gasteiger partial charge in [0.1, 0.15) is 0 Å². The van der Waals surface area contributed by atoms with Crippen molar-refractivity contribution < 1.29 is 14.3 Å². The molecule has 0 radical (unpaired) electrons. The van der Waals surface area contributed by atoms with Gasteiger partial charge in [-0.05, 0) is 57.6 Å². The molecule has 28 heavy (non-hydrogen) atoms. The standard InChI is InChI=1S/C20H26ClN3O3S/c1-6-27-17(25)15-12(2)24(5)19(28)23-16(15)13-7-9-14(10-8-13)22-18(26)20(3,4)11-21/h7-10,16H,6,11H2,1-5H3,(H,22,26)(H,23,28). The predicted molar refractivity (Wildman–Crippen MR) is 115 cm³/mol. The molecule has 0 saturated carbocycles. The lowest BCUT2D eigenvalue weighted by molar-refractivity contribution is -0.139. The van der Waals surface area contributed by atoms with E-state index < -0.39 is 11.5 Å². The summed E-state index contributed by atoms with van der Waals surface area (Å²) in [6, 6.07) is 6.85. The van der Waals surface area contributed by atoms with Crippen molar-refractivity contribution in [2.75, 3.05) is 24.9 Å². The fraction of sp³-hybridized carbons (Fsp3) is 0.450. The van der Waals surface area contributed by atoms with E-state index in [1.165, 1.54) is 0 Å². The van der Waals surface area contributed by atoms with Gasteiger partial charge in [0.05, 0.1) is 23.6 Å². The van der Waals surface area contributed by atoms with E-state index in [9.17, 15) is 9.59 Å². The molecule has 1 aliphatic heterocycles. The van der Waals surface area contributed by atoms with Crippen molar-refractivity contribution in [3.05, 3.63) is 41.1 Å². The summed E-state index contributed by atoms with van der Waals surface area (Å²) in [5.41, 5.74) is 2.08. The van der Waals surface area contributed by atoms with E-state index in [1.54, 1.807) is 44.9 Å². The highest BCUT2D eigenvalue weighted by molar-refractivity contribution is 7.80. The van der Waals surface area contributed by atoms with Crippen LogP contribution in [0.1, 0.15) is 39.3 Å². The van der Waals surface area contributed by atoms with E-state index in [2.05, 4.69) is 10.6 Å². The third-order valence-corrected chi connectivity index (χ3v) is 5.76. The number of rotatable bonds is 6. The van der Waals surface area contributed by atoms with E-state index in [0.29, 0.717) is 16.4 Å². The van der Waals surface area contributed by atoms with E-state index in [4.69, 9.17) is 28.6 Å². The maximum atomic E-state index is 12.5. The van der Waals surface area contributed by atoms with Gasteiger partial charge < -0.3 is 20.3 Å². The monoisotopic (exact) mass is 423 g/mol. The Morgan fingerprint density at radius 3 is 2.46 bits per heavy atom. The van der Waals surface area contributed by atoms with E-state index in [-0.39, 0.29) is 24.4 Å². The van der Waals surface area contributed by atoms with Crippen LogP contribution < -0.4 is 10.6 Å². The number of amides is 1. The molecule has 2 N–H and O–H groups in total. The summed E-state index contributed by atoms with van der Waals surface area (Å²) in [6.45, 7) is 7.47. The molecule has 0 bridgehead atoms. The van der Waals surface area contributed by atoms with Crippen LogP contribution in [-0.2, 0) is 14.3 Å². The highest BCUT2D eigenvalue weighted by Gasteiger charge is 2.33. The van der Waals surface area contributed by atoms with Crippen LogP contribution in [0.15, 0.2) is 35.5 Å². The lowest BCUT2D eigenvalue weighted by atomic mass is 9.94. The molecule has 0 aliphatic carbocycles. The van der Waals surface area contributed by atoms with Gasteiger partial charge in [-0.25, -0.2) is 4.79 Å². The minimum atomic E-state index is -0.668. The number of ether oxygens (including phenoxy) is 1. The van der Waals surface area contributed by atoms with Crippen LogP contribution in [0.25, 0.3) is 0 Å². The van der Waals surface area contributed by atoms with Gasteiger partial charge >= 0.3 is 5.97 Å². The maximum Gasteiger partial charge on any atom is 0.338 e. The van der Waals surface area contributed by atoms with E-state index >= 15 is 0 Å². The summed E-state index contributed by atoms with van der Waals surface area (Å²) in [4.78, 5) is 26.6. The van der Waals surface area contributed by atoms with Crippen LogP contribution in [-0.4, -0.2) is 41.4 Å². The summed E-state index contributed by atoms with van der Waals surface area (Å²) < 4.78 is 5.24. The maximum absolute atomic E-state index is 12.5. The molecule has 1 aromatic rings. The van der Waals surface area contributed by atoms with Gasteiger partial charge in [0, 0.05) is 24.3 Å². The SMILES string of the molecule is CCOC(=O)C1=C(C)N(C)C(=S)NC1c1ccc(NC(=O)C(C)(C)CCl)cc1. The van der Waals surface area contributed by atoms with Crippen molar-refractivity contribution in [1.29, 1.82) is 0 Å². The Kier molecular flexibility index (Phi) is 7.06. The van der Waals surface area contributed by atoms with Crippen LogP contribution >= 0.6 is 23.8 Å². The third-order valence-electron chi connectivity index (χ3n) is 4.70. The number of carbonyl (C=O) groups excluding carboxylic acids is 2. The zero-order valence-corrected chi connectivity index (χ0v) is 18.3. The Labute approximate surface area is 176 Å². The van der Waals surface area contributed by atoms with Crippen molar-refractivity contribution in [1.82, 2.24) is 10.2 Å². The Bertz CT molecular complexity index is 805. The second kappa shape index (κ2) is 8.92. The van der Waals surface area contributed by atoms with Gasteiger partial charge in [-0.15, -0.1) is 11.6 Å². The number of hydrogen-bond acceptors (Lipinski definition) is 4. The van der Waals surface area contributed by atoms with Crippen LogP contribution in [0.5, 0.6) is 0 Å². The number of carbonyl (C=O) groups is 2. The average Bonchev–Trinajstić information content (AvgIpc) is 2.66. The van der Waals surface area contributed by atoms with Gasteiger partial charge in [-0.2, -0.15) is 0 Å². The number of alkyl halides is 1. The third kappa shape index (κ3) is 4.64. The second-order valence-electron chi connectivity index (χ2n) is 7.25. The van der Waals surface area contributed by atoms with Crippen LogP contribution in [0.4, 0.5) is 5.69 Å². The first-order chi connectivity index (χ1) is 13.1. The first-order valence-corrected chi connectivity index (χ1v) is 9.96. The molecule has 2 rings (SSSR count). The highest BCUT2D eigenvalue weighted by Crippen LogP contribution is 2.31. The number of thiocarbonyl (C=S) groups is 1. The normalized spacial score (nSPS) is 17.3. The Morgan fingerprint density at radius 2 is 1.93 bits per heavy atom. The molecule has 0 spiro atoms. The minimum Gasteiger partial charge on any atom is -0.463 e. The van der Waals surface area contributed by atoms with Crippen LogP contribution in [0.2, 0.25) is 0 Å². The molecular formula is C20H26ClN3O3S. The second-order valence-corrected chi connectivity index (χ2v) is 7.91. The summed E-state index contributed by atoms with van der Waals surface area (Å²) in [5.74, 6) is -0.314.